The van der Waals surface area contributed by atoms with Crippen LogP contribution < -0.4 is 5.32 Å². The maximum atomic E-state index is 12.0. The van der Waals surface area contributed by atoms with E-state index in [4.69, 9.17) is 9.47 Å². The number of carbonyl (C=O) groups excluding carboxylic acids is 1. The molecule has 5 rings (SSSR count). The molecule has 2 saturated heterocycles. The van der Waals surface area contributed by atoms with E-state index >= 15 is 0 Å². The highest BCUT2D eigenvalue weighted by Crippen LogP contribution is 2.35. The second-order valence-corrected chi connectivity index (χ2v) is 8.10. The monoisotopic (exact) mass is 346 g/mol. The highest BCUT2D eigenvalue weighted by molar-refractivity contribution is 5.81. The zero-order valence-electron chi connectivity index (χ0n) is 14.5. The van der Waals surface area contributed by atoms with Crippen molar-refractivity contribution in [2.75, 3.05) is 13.2 Å². The topological polar surface area (TPSA) is 78.3 Å². The molecule has 0 aromatic carbocycles. The molecule has 0 bridgehead atoms. The van der Waals surface area contributed by atoms with Crippen molar-refractivity contribution < 1.29 is 14.3 Å². The lowest BCUT2D eigenvalue weighted by Crippen LogP contribution is -2.44. The molecule has 25 heavy (non-hydrogen) atoms. The molecule has 1 N–H and O–H groups in total. The Kier molecular flexibility index (Phi) is 4.01. The van der Waals surface area contributed by atoms with E-state index in [-0.39, 0.29) is 36.1 Å². The van der Waals surface area contributed by atoms with Crippen molar-refractivity contribution in [1.29, 1.82) is 0 Å². The molecule has 3 heterocycles. The highest BCUT2D eigenvalue weighted by atomic mass is 16.6. The van der Waals surface area contributed by atoms with Crippen LogP contribution in [0.1, 0.15) is 50.3 Å². The quantitative estimate of drug-likeness (QED) is 0.868. The number of fused-ring (bicyclic) bond motifs is 1. The fourth-order valence-corrected chi connectivity index (χ4v) is 4.56. The molecular weight excluding hydrogens is 320 g/mol. The largest absolute Gasteiger partial charge is 0.371 e. The van der Waals surface area contributed by atoms with E-state index in [1.54, 1.807) is 0 Å². The van der Waals surface area contributed by atoms with Gasteiger partial charge >= 0.3 is 0 Å². The summed E-state index contributed by atoms with van der Waals surface area (Å²) in [6.45, 7) is 1.09. The Morgan fingerprint density at radius 1 is 1.16 bits per heavy atom. The van der Waals surface area contributed by atoms with E-state index in [1.807, 2.05) is 4.68 Å². The van der Waals surface area contributed by atoms with Gasteiger partial charge in [-0.15, -0.1) is 5.10 Å². The van der Waals surface area contributed by atoms with Crippen molar-refractivity contribution in [3.8, 4) is 0 Å². The number of nitrogens with zero attached hydrogens (tertiary/aromatic N) is 3. The molecular formula is C18H26N4O3. The van der Waals surface area contributed by atoms with Gasteiger partial charge in [0.1, 0.15) is 18.2 Å². The van der Waals surface area contributed by atoms with Crippen molar-refractivity contribution in [3.05, 3.63) is 11.9 Å². The lowest BCUT2D eigenvalue weighted by Gasteiger charge is -2.17. The fourth-order valence-electron chi connectivity index (χ4n) is 4.56. The van der Waals surface area contributed by atoms with E-state index in [0.717, 1.165) is 30.9 Å². The number of nitrogens with one attached hydrogen (secondary N) is 1. The van der Waals surface area contributed by atoms with Crippen LogP contribution in [0.25, 0.3) is 0 Å². The van der Waals surface area contributed by atoms with Crippen molar-refractivity contribution >= 4 is 5.91 Å². The molecule has 0 spiro atoms. The lowest BCUT2D eigenvalue weighted by atomic mass is 10.0. The second-order valence-electron chi connectivity index (χ2n) is 8.10. The van der Waals surface area contributed by atoms with Gasteiger partial charge in [-0.25, -0.2) is 4.68 Å². The van der Waals surface area contributed by atoms with Gasteiger partial charge in [0.25, 0.3) is 0 Å². The molecule has 2 aliphatic heterocycles. The first-order valence-electron chi connectivity index (χ1n) is 9.72. The zero-order valence-corrected chi connectivity index (χ0v) is 14.5. The van der Waals surface area contributed by atoms with Gasteiger partial charge in [0, 0.05) is 12.1 Å². The second kappa shape index (κ2) is 6.36. The summed E-state index contributed by atoms with van der Waals surface area (Å²) in [5.74, 6) is 1.13. The number of aromatic nitrogens is 3. The van der Waals surface area contributed by atoms with Crippen LogP contribution in [-0.4, -0.2) is 52.4 Å². The average molecular weight is 346 g/mol. The summed E-state index contributed by atoms with van der Waals surface area (Å²) in [7, 11) is 0. The van der Waals surface area contributed by atoms with Crippen LogP contribution in [-0.2, 0) is 20.7 Å². The molecule has 4 atom stereocenters. The standard InChI is InChI=1S/C18H26N4O3/c23-18(12-5-6-12)19-14-9-24-17-15(10-25-16(14)17)22-8-13(20-21-22)7-11-3-1-2-4-11/h8,11-12,14-17H,1-7,9-10H2,(H,19,23). The zero-order chi connectivity index (χ0) is 16.8. The average Bonchev–Trinajstić information content (AvgIpc) is 3.02. The first kappa shape index (κ1) is 15.8. The lowest BCUT2D eigenvalue weighted by molar-refractivity contribution is -0.123. The first-order chi connectivity index (χ1) is 12.3. The van der Waals surface area contributed by atoms with Crippen LogP contribution in [0, 0.1) is 11.8 Å². The molecule has 2 saturated carbocycles. The third-order valence-electron chi connectivity index (χ3n) is 6.17. The molecule has 4 unspecified atom stereocenters. The summed E-state index contributed by atoms with van der Waals surface area (Å²) in [6.07, 6.45) is 10.3. The molecule has 7 heteroatoms. The van der Waals surface area contributed by atoms with Gasteiger partial charge in [-0.05, 0) is 25.2 Å². The Balaban J connectivity index is 1.22. The number of carbonyl (C=O) groups is 1. The smallest absolute Gasteiger partial charge is 0.223 e. The van der Waals surface area contributed by atoms with Gasteiger partial charge in [-0.3, -0.25) is 4.79 Å². The summed E-state index contributed by atoms with van der Waals surface area (Å²) < 4.78 is 13.9. The molecule has 4 aliphatic rings. The SMILES string of the molecule is O=C(NC1COC2C1OCC2n1cc(CC2CCCC2)nn1)C1CC1. The summed E-state index contributed by atoms with van der Waals surface area (Å²) in [6, 6.07) is 0.0160. The molecule has 0 radical (unpaired) electrons. The number of amides is 1. The Hall–Kier alpha value is -1.47. The normalized spacial score (nSPS) is 35.2. The molecule has 4 fully saturated rings. The molecule has 1 amide bonds. The predicted octanol–water partition coefficient (Wildman–Crippen LogP) is 1.24. The number of rotatable bonds is 5. The molecule has 136 valence electrons. The summed E-state index contributed by atoms with van der Waals surface area (Å²) in [5.41, 5.74) is 1.08. The van der Waals surface area contributed by atoms with E-state index < -0.39 is 0 Å². The Labute approximate surface area is 147 Å². The van der Waals surface area contributed by atoms with Crippen molar-refractivity contribution in [2.24, 2.45) is 11.8 Å². The van der Waals surface area contributed by atoms with Gasteiger partial charge in [-0.1, -0.05) is 30.9 Å². The Morgan fingerprint density at radius 3 is 2.76 bits per heavy atom. The van der Waals surface area contributed by atoms with Crippen LogP contribution in [0.15, 0.2) is 6.20 Å². The van der Waals surface area contributed by atoms with Gasteiger partial charge < -0.3 is 14.8 Å². The molecule has 1 aromatic heterocycles. The van der Waals surface area contributed by atoms with Crippen LogP contribution in [0.5, 0.6) is 0 Å². The van der Waals surface area contributed by atoms with Crippen molar-refractivity contribution in [2.45, 2.75) is 69.2 Å². The van der Waals surface area contributed by atoms with Crippen molar-refractivity contribution in [1.82, 2.24) is 20.3 Å². The van der Waals surface area contributed by atoms with Gasteiger partial charge in [0.05, 0.1) is 24.9 Å². The van der Waals surface area contributed by atoms with Gasteiger partial charge in [0.2, 0.25) is 5.91 Å². The first-order valence-corrected chi connectivity index (χ1v) is 9.72. The number of hydrogen-bond acceptors (Lipinski definition) is 5. The Morgan fingerprint density at radius 2 is 1.96 bits per heavy atom. The molecule has 7 nitrogen and oxygen atoms in total. The van der Waals surface area contributed by atoms with Gasteiger partial charge in [0.15, 0.2) is 0 Å². The van der Waals surface area contributed by atoms with Crippen molar-refractivity contribution in [3.63, 3.8) is 0 Å². The summed E-state index contributed by atoms with van der Waals surface area (Å²) in [5, 5.41) is 11.8. The van der Waals surface area contributed by atoms with Crippen LogP contribution >= 0.6 is 0 Å². The number of ether oxygens (including phenoxy) is 2. The van der Waals surface area contributed by atoms with Crippen LogP contribution in [0.3, 0.4) is 0 Å². The molecule has 2 aliphatic carbocycles. The third kappa shape index (κ3) is 3.08. The summed E-state index contributed by atoms with van der Waals surface area (Å²) >= 11 is 0. The maximum Gasteiger partial charge on any atom is 0.223 e. The maximum absolute atomic E-state index is 12.0. The minimum Gasteiger partial charge on any atom is -0.371 e. The van der Waals surface area contributed by atoms with E-state index in [0.29, 0.717) is 13.2 Å². The van der Waals surface area contributed by atoms with Gasteiger partial charge in [-0.2, -0.15) is 0 Å². The van der Waals surface area contributed by atoms with E-state index in [9.17, 15) is 4.79 Å². The fraction of sp³-hybridized carbons (Fsp3) is 0.833. The number of hydrogen-bond donors (Lipinski definition) is 1. The minimum atomic E-state index is -0.0739. The van der Waals surface area contributed by atoms with E-state index in [1.165, 1.54) is 25.7 Å². The highest BCUT2D eigenvalue weighted by Gasteiger charge is 2.50. The summed E-state index contributed by atoms with van der Waals surface area (Å²) in [4.78, 5) is 12.0. The predicted molar refractivity (Wildman–Crippen MR) is 88.9 cm³/mol. The minimum absolute atomic E-state index is 0.0374. The third-order valence-corrected chi connectivity index (χ3v) is 6.17. The van der Waals surface area contributed by atoms with Crippen LogP contribution in [0.4, 0.5) is 0 Å². The Bertz CT molecular complexity index is 638. The van der Waals surface area contributed by atoms with E-state index in [2.05, 4.69) is 21.8 Å². The molecule has 1 aromatic rings. The van der Waals surface area contributed by atoms with Crippen LogP contribution in [0.2, 0.25) is 0 Å².